The van der Waals surface area contributed by atoms with Gasteiger partial charge in [0, 0.05) is 31.7 Å². The van der Waals surface area contributed by atoms with Crippen molar-refractivity contribution < 1.29 is 9.59 Å². The first kappa shape index (κ1) is 21.4. The molecule has 2 amide bonds. The summed E-state index contributed by atoms with van der Waals surface area (Å²) in [5, 5.41) is 5.02. The first-order chi connectivity index (χ1) is 16.2. The number of carbonyl (C=O) groups is 2. The number of pyridine rings is 1. The van der Waals surface area contributed by atoms with Gasteiger partial charge in [0.15, 0.2) is 0 Å². The maximum Gasteiger partial charge on any atom is 0.254 e. The van der Waals surface area contributed by atoms with Gasteiger partial charge in [0.25, 0.3) is 5.91 Å². The third kappa shape index (κ3) is 4.70. The Balaban J connectivity index is 1.24. The Morgan fingerprint density at radius 2 is 1.70 bits per heavy atom. The number of likely N-dealkylation sites (tertiary alicyclic amines) is 1. The molecule has 33 heavy (non-hydrogen) atoms. The Morgan fingerprint density at radius 1 is 0.879 bits per heavy atom. The van der Waals surface area contributed by atoms with Crippen molar-refractivity contribution >= 4 is 34.1 Å². The number of hydrogen-bond acceptors (Lipinski definition) is 4. The fourth-order valence-corrected chi connectivity index (χ4v) is 4.97. The molecule has 2 fully saturated rings. The van der Waals surface area contributed by atoms with Crippen LogP contribution in [0.25, 0.3) is 10.8 Å². The van der Waals surface area contributed by atoms with Crippen LogP contribution in [0.3, 0.4) is 0 Å². The summed E-state index contributed by atoms with van der Waals surface area (Å²) in [6, 6.07) is 17.7. The summed E-state index contributed by atoms with van der Waals surface area (Å²) in [7, 11) is 0. The van der Waals surface area contributed by atoms with Crippen LogP contribution in [0.5, 0.6) is 0 Å². The fourth-order valence-electron chi connectivity index (χ4n) is 4.97. The van der Waals surface area contributed by atoms with Crippen LogP contribution in [-0.2, 0) is 4.79 Å². The van der Waals surface area contributed by atoms with Crippen LogP contribution in [0, 0.1) is 5.92 Å². The van der Waals surface area contributed by atoms with Crippen LogP contribution < -0.4 is 10.2 Å². The topological polar surface area (TPSA) is 65.5 Å². The van der Waals surface area contributed by atoms with Crippen molar-refractivity contribution in [1.29, 1.82) is 0 Å². The number of benzene rings is 2. The predicted molar refractivity (Wildman–Crippen MR) is 132 cm³/mol. The number of nitrogens with one attached hydrogen (secondary N) is 1. The molecule has 5 rings (SSSR count). The quantitative estimate of drug-likeness (QED) is 0.635. The average molecular weight is 443 g/mol. The molecule has 1 atom stereocenters. The Kier molecular flexibility index (Phi) is 6.24. The van der Waals surface area contributed by atoms with Crippen LogP contribution in [0.4, 0.5) is 11.5 Å². The molecule has 6 heteroatoms. The second-order valence-corrected chi connectivity index (χ2v) is 9.06. The molecule has 6 nitrogen and oxygen atoms in total. The van der Waals surface area contributed by atoms with Crippen LogP contribution >= 0.6 is 0 Å². The highest BCUT2D eigenvalue weighted by atomic mass is 16.2. The summed E-state index contributed by atoms with van der Waals surface area (Å²) in [5.41, 5.74) is 1.41. The number of nitrogens with zero attached hydrogens (tertiary/aromatic N) is 3. The van der Waals surface area contributed by atoms with Crippen LogP contribution in [0.15, 0.2) is 60.8 Å². The second kappa shape index (κ2) is 9.61. The maximum atomic E-state index is 13.3. The van der Waals surface area contributed by atoms with Gasteiger partial charge in [-0.15, -0.1) is 0 Å². The highest BCUT2D eigenvalue weighted by Gasteiger charge is 2.29. The van der Waals surface area contributed by atoms with Crippen molar-refractivity contribution in [1.82, 2.24) is 9.88 Å². The summed E-state index contributed by atoms with van der Waals surface area (Å²) in [6.07, 6.45) is 7.03. The molecule has 3 aromatic rings. The Bertz CT molecular complexity index is 1130. The zero-order chi connectivity index (χ0) is 22.6. The minimum absolute atomic E-state index is 0.00292. The molecule has 3 heterocycles. The monoisotopic (exact) mass is 442 g/mol. The molecule has 2 aliphatic rings. The van der Waals surface area contributed by atoms with Gasteiger partial charge in [-0.05, 0) is 61.1 Å². The third-order valence-corrected chi connectivity index (χ3v) is 6.79. The molecule has 1 aromatic heterocycles. The number of hydrogen-bond donors (Lipinski definition) is 1. The fraction of sp³-hybridized carbons (Fsp3) is 0.370. The summed E-state index contributed by atoms with van der Waals surface area (Å²) >= 11 is 0. The molecule has 1 unspecified atom stereocenters. The van der Waals surface area contributed by atoms with Crippen molar-refractivity contribution in [2.45, 2.75) is 32.1 Å². The van der Waals surface area contributed by atoms with Crippen molar-refractivity contribution in [3.63, 3.8) is 0 Å². The summed E-state index contributed by atoms with van der Waals surface area (Å²) in [6.45, 7) is 3.20. The lowest BCUT2D eigenvalue weighted by molar-refractivity contribution is -0.121. The van der Waals surface area contributed by atoms with Crippen LogP contribution in [0.1, 0.15) is 42.5 Å². The number of fused-ring (bicyclic) bond motifs is 1. The van der Waals surface area contributed by atoms with E-state index in [0.29, 0.717) is 24.3 Å². The number of aromatic nitrogens is 1. The predicted octanol–water partition coefficient (Wildman–Crippen LogP) is 4.72. The van der Waals surface area contributed by atoms with Crippen LogP contribution in [-0.4, -0.2) is 47.9 Å². The molecule has 0 bridgehead atoms. The van der Waals surface area contributed by atoms with Gasteiger partial charge in [-0.2, -0.15) is 0 Å². The van der Waals surface area contributed by atoms with Gasteiger partial charge < -0.3 is 15.1 Å². The molecule has 0 saturated carbocycles. The van der Waals surface area contributed by atoms with E-state index in [9.17, 15) is 9.59 Å². The molecule has 1 N–H and O–H groups in total. The van der Waals surface area contributed by atoms with Crippen molar-refractivity contribution in [3.05, 3.63) is 66.4 Å². The van der Waals surface area contributed by atoms with E-state index in [-0.39, 0.29) is 17.7 Å². The van der Waals surface area contributed by atoms with E-state index in [2.05, 4.69) is 15.2 Å². The largest absolute Gasteiger partial charge is 0.357 e. The SMILES string of the molecule is O=C(Nc1ccc(N2CCCCC2)nc1)C1CCCN(C(=O)c2cccc3ccccc23)C1. The highest BCUT2D eigenvalue weighted by molar-refractivity contribution is 6.07. The van der Waals surface area contributed by atoms with E-state index in [1.165, 1.54) is 19.3 Å². The van der Waals surface area contributed by atoms with Crippen molar-refractivity contribution in [2.75, 3.05) is 36.4 Å². The van der Waals surface area contributed by atoms with E-state index in [4.69, 9.17) is 0 Å². The standard InChI is InChI=1S/C27H30N4O2/c32-26(29-22-13-14-25(28-18-22)30-15-4-1-5-16-30)21-10-7-17-31(19-21)27(33)24-12-6-9-20-8-2-3-11-23(20)24/h2-3,6,8-9,11-14,18,21H,1,4-5,7,10,15-17,19H2,(H,29,32). The van der Waals surface area contributed by atoms with Gasteiger partial charge in [-0.1, -0.05) is 36.4 Å². The van der Waals surface area contributed by atoms with E-state index in [1.807, 2.05) is 59.5 Å². The zero-order valence-corrected chi connectivity index (χ0v) is 18.9. The first-order valence-electron chi connectivity index (χ1n) is 12.0. The molecular formula is C27H30N4O2. The lowest BCUT2D eigenvalue weighted by Gasteiger charge is -2.32. The molecule has 2 saturated heterocycles. The lowest BCUT2D eigenvalue weighted by atomic mass is 9.95. The number of rotatable bonds is 4. The lowest BCUT2D eigenvalue weighted by Crippen LogP contribution is -2.43. The first-order valence-corrected chi connectivity index (χ1v) is 12.0. The summed E-state index contributed by atoms with van der Waals surface area (Å²) in [4.78, 5) is 35.0. The molecule has 2 aliphatic heterocycles. The summed E-state index contributed by atoms with van der Waals surface area (Å²) < 4.78 is 0. The van der Waals surface area contributed by atoms with Crippen molar-refractivity contribution in [2.24, 2.45) is 5.92 Å². The molecule has 2 aromatic carbocycles. The second-order valence-electron chi connectivity index (χ2n) is 9.06. The van der Waals surface area contributed by atoms with Gasteiger partial charge in [-0.25, -0.2) is 4.98 Å². The average Bonchev–Trinajstić information content (AvgIpc) is 2.89. The molecule has 0 aliphatic carbocycles. The zero-order valence-electron chi connectivity index (χ0n) is 18.9. The van der Waals surface area contributed by atoms with E-state index in [1.54, 1.807) is 6.20 Å². The van der Waals surface area contributed by atoms with E-state index >= 15 is 0 Å². The highest BCUT2D eigenvalue weighted by Crippen LogP contribution is 2.25. The number of anilines is 2. The Morgan fingerprint density at radius 3 is 2.52 bits per heavy atom. The van der Waals surface area contributed by atoms with E-state index < -0.39 is 0 Å². The minimum atomic E-state index is -0.223. The molecule has 170 valence electrons. The molecule has 0 radical (unpaired) electrons. The normalized spacial score (nSPS) is 18.8. The number of piperidine rings is 2. The molecular weight excluding hydrogens is 412 g/mol. The Hall–Kier alpha value is -3.41. The third-order valence-electron chi connectivity index (χ3n) is 6.79. The minimum Gasteiger partial charge on any atom is -0.357 e. The number of amides is 2. The summed E-state index contributed by atoms with van der Waals surface area (Å²) in [5.74, 6) is 0.700. The maximum absolute atomic E-state index is 13.3. The van der Waals surface area contributed by atoms with Crippen LogP contribution in [0.2, 0.25) is 0 Å². The molecule has 0 spiro atoms. The smallest absolute Gasteiger partial charge is 0.254 e. The van der Waals surface area contributed by atoms with Crippen molar-refractivity contribution in [3.8, 4) is 0 Å². The van der Waals surface area contributed by atoms with Gasteiger partial charge in [0.05, 0.1) is 17.8 Å². The van der Waals surface area contributed by atoms with Gasteiger partial charge in [-0.3, -0.25) is 9.59 Å². The Labute approximate surface area is 194 Å². The van der Waals surface area contributed by atoms with Gasteiger partial charge in [0.2, 0.25) is 5.91 Å². The van der Waals surface area contributed by atoms with E-state index in [0.717, 1.165) is 42.5 Å². The van der Waals surface area contributed by atoms with Gasteiger partial charge >= 0.3 is 0 Å². The number of carbonyl (C=O) groups excluding carboxylic acids is 2. The van der Waals surface area contributed by atoms with Gasteiger partial charge in [0.1, 0.15) is 5.82 Å².